The van der Waals surface area contributed by atoms with E-state index in [-0.39, 0.29) is 5.91 Å². The molecule has 0 saturated carbocycles. The highest BCUT2D eigenvalue weighted by atomic mass is 32.1. The van der Waals surface area contributed by atoms with Gasteiger partial charge in [0.2, 0.25) is 0 Å². The number of pyridine rings is 1. The second kappa shape index (κ2) is 8.37. The number of H-pyrrole nitrogens is 1. The Kier molecular flexibility index (Phi) is 5.45. The van der Waals surface area contributed by atoms with Crippen molar-refractivity contribution in [2.45, 2.75) is 13.5 Å². The highest BCUT2D eigenvalue weighted by molar-refractivity contribution is 7.19. The lowest BCUT2D eigenvalue weighted by Crippen LogP contribution is -2.49. The van der Waals surface area contributed by atoms with Gasteiger partial charge in [0.1, 0.15) is 11.5 Å². The molecule has 0 aliphatic carbocycles. The van der Waals surface area contributed by atoms with Gasteiger partial charge in [-0.3, -0.25) is 9.69 Å². The van der Waals surface area contributed by atoms with Crippen molar-refractivity contribution in [3.8, 4) is 0 Å². The number of rotatable bonds is 4. The van der Waals surface area contributed by atoms with Crippen LogP contribution in [0.1, 0.15) is 20.9 Å². The smallest absolute Gasteiger partial charge is 0.270 e. The molecule has 8 heteroatoms. The van der Waals surface area contributed by atoms with Gasteiger partial charge in [-0.05, 0) is 25.1 Å². The predicted molar refractivity (Wildman–Crippen MR) is 119 cm³/mol. The van der Waals surface area contributed by atoms with Gasteiger partial charge in [0.05, 0.1) is 23.4 Å². The maximum Gasteiger partial charge on any atom is 0.270 e. The summed E-state index contributed by atoms with van der Waals surface area (Å²) >= 11 is 1.77. The Morgan fingerprint density at radius 1 is 1.17 bits per heavy atom. The summed E-state index contributed by atoms with van der Waals surface area (Å²) in [5.74, 6) is 1.07. The molecular weight excluding hydrogens is 398 g/mol. The molecule has 0 unspecified atom stereocenters. The van der Waals surface area contributed by atoms with E-state index in [1.807, 2.05) is 35.4 Å². The Balaban J connectivity index is 1.28. The molecule has 0 atom stereocenters. The zero-order valence-corrected chi connectivity index (χ0v) is 18.1. The Labute approximate surface area is 180 Å². The molecule has 30 heavy (non-hydrogen) atoms. The second-order valence-electron chi connectivity index (χ2n) is 7.91. The third-order valence-electron chi connectivity index (χ3n) is 6.03. The molecule has 1 amide bonds. The van der Waals surface area contributed by atoms with E-state index in [1.54, 1.807) is 11.3 Å². The van der Waals surface area contributed by atoms with Crippen LogP contribution in [-0.4, -0.2) is 78.2 Å². The first kappa shape index (κ1) is 19.5. The maximum absolute atomic E-state index is 13.1. The monoisotopic (exact) mass is 425 g/mol. The maximum atomic E-state index is 13.1. The van der Waals surface area contributed by atoms with E-state index < -0.39 is 0 Å². The summed E-state index contributed by atoms with van der Waals surface area (Å²) in [6, 6.07) is 7.98. The zero-order valence-electron chi connectivity index (χ0n) is 17.3. The van der Waals surface area contributed by atoms with Crippen LogP contribution in [0, 0.1) is 6.92 Å². The van der Waals surface area contributed by atoms with Gasteiger partial charge in [-0.1, -0.05) is 6.07 Å². The number of nitrogens with zero attached hydrogens (tertiary/aromatic N) is 4. The summed E-state index contributed by atoms with van der Waals surface area (Å²) in [5, 5.41) is 0. The predicted octanol–water partition coefficient (Wildman–Crippen LogP) is 2.73. The van der Waals surface area contributed by atoms with Crippen LogP contribution in [0.3, 0.4) is 0 Å². The van der Waals surface area contributed by atoms with Crippen molar-refractivity contribution >= 4 is 33.3 Å². The molecule has 2 saturated heterocycles. The third-order valence-corrected chi connectivity index (χ3v) is 7.12. The summed E-state index contributed by atoms with van der Waals surface area (Å²) in [4.78, 5) is 28.9. The van der Waals surface area contributed by atoms with Crippen LogP contribution in [0.25, 0.3) is 10.2 Å². The number of hydrogen-bond acceptors (Lipinski definition) is 6. The van der Waals surface area contributed by atoms with Crippen LogP contribution < -0.4 is 4.90 Å². The number of amides is 1. The highest BCUT2D eigenvalue weighted by Crippen LogP contribution is 2.32. The normalized spacial score (nSPS) is 18.3. The largest absolute Gasteiger partial charge is 0.379 e. The molecule has 158 valence electrons. The number of anilines is 1. The number of ether oxygens (including phenoxy) is 1. The number of nitrogens with one attached hydrogen (secondary N) is 1. The highest BCUT2D eigenvalue weighted by Gasteiger charge is 2.25. The third kappa shape index (κ3) is 3.82. The summed E-state index contributed by atoms with van der Waals surface area (Å²) in [7, 11) is 0. The summed E-state index contributed by atoms with van der Waals surface area (Å²) in [6.45, 7) is 9.63. The van der Waals surface area contributed by atoms with E-state index in [2.05, 4.69) is 26.7 Å². The van der Waals surface area contributed by atoms with Crippen LogP contribution in [0.4, 0.5) is 5.82 Å². The number of morpholine rings is 1. The fourth-order valence-corrected chi connectivity index (χ4v) is 5.35. The van der Waals surface area contributed by atoms with Crippen LogP contribution in [-0.2, 0) is 11.3 Å². The standard InChI is InChI=1S/C22H27N5O2S/c1-16-17(15-25-10-12-29-13-11-25)21-19(30-16)14-18(24-21)22(28)27-8-6-26(7-9-27)20-4-2-3-5-23-20/h2-5,14,24H,6-13,15H2,1H3. The molecule has 2 aliphatic rings. The van der Waals surface area contributed by atoms with Gasteiger partial charge in [0.15, 0.2) is 0 Å². The molecular formula is C22H27N5O2S. The van der Waals surface area contributed by atoms with Gasteiger partial charge in [-0.2, -0.15) is 0 Å². The molecule has 3 aromatic rings. The average Bonchev–Trinajstić information content (AvgIpc) is 3.33. The second-order valence-corrected chi connectivity index (χ2v) is 9.17. The van der Waals surface area contributed by atoms with E-state index in [0.29, 0.717) is 18.8 Å². The molecule has 0 aromatic carbocycles. The lowest BCUT2D eigenvalue weighted by Gasteiger charge is -2.35. The average molecular weight is 426 g/mol. The molecule has 0 radical (unpaired) electrons. The molecule has 2 fully saturated rings. The Morgan fingerprint density at radius 2 is 1.97 bits per heavy atom. The van der Waals surface area contributed by atoms with Crippen molar-refractivity contribution in [2.75, 3.05) is 57.4 Å². The number of fused-ring (bicyclic) bond motifs is 1. The molecule has 1 N–H and O–H groups in total. The summed E-state index contributed by atoms with van der Waals surface area (Å²) < 4.78 is 6.64. The molecule has 2 aliphatic heterocycles. The summed E-state index contributed by atoms with van der Waals surface area (Å²) in [6.07, 6.45) is 1.81. The molecule has 0 spiro atoms. The molecule has 7 nitrogen and oxygen atoms in total. The first-order valence-corrected chi connectivity index (χ1v) is 11.4. The van der Waals surface area contributed by atoms with Crippen molar-refractivity contribution in [1.82, 2.24) is 19.8 Å². The number of piperazine rings is 1. The number of carbonyl (C=O) groups is 1. The van der Waals surface area contributed by atoms with E-state index >= 15 is 0 Å². The van der Waals surface area contributed by atoms with E-state index in [0.717, 1.165) is 57.3 Å². The molecule has 0 bridgehead atoms. The number of carbonyl (C=O) groups excluding carboxylic acids is 1. The van der Waals surface area contributed by atoms with Crippen molar-refractivity contribution in [3.05, 3.63) is 46.6 Å². The van der Waals surface area contributed by atoms with Crippen LogP contribution >= 0.6 is 11.3 Å². The number of hydrogen-bond donors (Lipinski definition) is 1. The topological polar surface area (TPSA) is 64.7 Å². The molecule has 3 aromatic heterocycles. The van der Waals surface area contributed by atoms with Crippen LogP contribution in [0.5, 0.6) is 0 Å². The Morgan fingerprint density at radius 3 is 2.70 bits per heavy atom. The SMILES string of the molecule is Cc1sc2cc(C(=O)N3CCN(c4ccccn4)CC3)[nH]c2c1CN1CCOCC1. The quantitative estimate of drug-likeness (QED) is 0.696. The van der Waals surface area contributed by atoms with Gasteiger partial charge in [0, 0.05) is 62.5 Å². The first-order chi connectivity index (χ1) is 14.7. The minimum absolute atomic E-state index is 0.0917. The van der Waals surface area contributed by atoms with E-state index in [9.17, 15) is 4.79 Å². The number of aryl methyl sites for hydroxylation is 1. The lowest BCUT2D eigenvalue weighted by atomic mass is 10.2. The van der Waals surface area contributed by atoms with Gasteiger partial charge in [0.25, 0.3) is 5.91 Å². The zero-order chi connectivity index (χ0) is 20.5. The van der Waals surface area contributed by atoms with Gasteiger partial charge in [-0.25, -0.2) is 4.98 Å². The molecule has 5 heterocycles. The Hall–Kier alpha value is -2.42. The van der Waals surface area contributed by atoms with Crippen LogP contribution in [0.15, 0.2) is 30.5 Å². The number of aromatic amines is 1. The first-order valence-electron chi connectivity index (χ1n) is 10.6. The number of aromatic nitrogens is 2. The van der Waals surface area contributed by atoms with Gasteiger partial charge >= 0.3 is 0 Å². The minimum atomic E-state index is 0.0917. The Bertz CT molecular complexity index is 1020. The fraction of sp³-hybridized carbons (Fsp3) is 0.455. The summed E-state index contributed by atoms with van der Waals surface area (Å²) in [5.41, 5.74) is 3.14. The van der Waals surface area contributed by atoms with E-state index in [4.69, 9.17) is 4.74 Å². The molecule has 5 rings (SSSR count). The van der Waals surface area contributed by atoms with Gasteiger partial charge < -0.3 is 19.5 Å². The van der Waals surface area contributed by atoms with Crippen molar-refractivity contribution < 1.29 is 9.53 Å². The minimum Gasteiger partial charge on any atom is -0.379 e. The lowest BCUT2D eigenvalue weighted by molar-refractivity contribution is 0.0343. The van der Waals surface area contributed by atoms with Crippen molar-refractivity contribution in [3.63, 3.8) is 0 Å². The van der Waals surface area contributed by atoms with Crippen LogP contribution in [0.2, 0.25) is 0 Å². The van der Waals surface area contributed by atoms with Crippen molar-refractivity contribution in [2.24, 2.45) is 0 Å². The van der Waals surface area contributed by atoms with Gasteiger partial charge in [-0.15, -0.1) is 11.3 Å². The number of thiophene rings is 1. The van der Waals surface area contributed by atoms with Crippen molar-refractivity contribution in [1.29, 1.82) is 0 Å². The van der Waals surface area contributed by atoms with E-state index in [1.165, 1.54) is 15.1 Å². The fourth-order valence-electron chi connectivity index (χ4n) is 4.28.